The molecule has 1 heterocycles. The average Bonchev–Trinajstić information content (AvgIpc) is 2.38. The number of hydrogen-bond donors (Lipinski definition) is 1. The van der Waals surface area contributed by atoms with Crippen LogP contribution in [0.5, 0.6) is 5.75 Å². The lowest BCUT2D eigenvalue weighted by Crippen LogP contribution is -2.16. The SMILES string of the molecule is CCCCCC(C)Nc1ncccc1OCCC. The largest absolute Gasteiger partial charge is 0.490 e. The van der Waals surface area contributed by atoms with E-state index in [4.69, 9.17) is 4.74 Å². The molecule has 0 bridgehead atoms. The lowest BCUT2D eigenvalue weighted by atomic mass is 10.1. The lowest BCUT2D eigenvalue weighted by molar-refractivity contribution is 0.317. The molecule has 18 heavy (non-hydrogen) atoms. The molecule has 0 saturated carbocycles. The van der Waals surface area contributed by atoms with Crippen LogP contribution in [-0.2, 0) is 0 Å². The van der Waals surface area contributed by atoms with Gasteiger partial charge in [0.1, 0.15) is 0 Å². The summed E-state index contributed by atoms with van der Waals surface area (Å²) in [5, 5.41) is 3.44. The Kier molecular flexibility index (Phi) is 7.23. The fraction of sp³-hybridized carbons (Fsp3) is 0.667. The highest BCUT2D eigenvalue weighted by Gasteiger charge is 2.07. The fourth-order valence-corrected chi connectivity index (χ4v) is 1.83. The van der Waals surface area contributed by atoms with Crippen molar-refractivity contribution in [3.63, 3.8) is 0 Å². The van der Waals surface area contributed by atoms with Gasteiger partial charge in [-0.3, -0.25) is 0 Å². The highest BCUT2D eigenvalue weighted by Crippen LogP contribution is 2.22. The van der Waals surface area contributed by atoms with Gasteiger partial charge in [0, 0.05) is 12.2 Å². The molecule has 1 aromatic rings. The van der Waals surface area contributed by atoms with Crippen molar-refractivity contribution in [2.75, 3.05) is 11.9 Å². The topological polar surface area (TPSA) is 34.2 Å². The molecule has 1 aromatic heterocycles. The number of nitrogens with zero attached hydrogens (tertiary/aromatic N) is 1. The van der Waals surface area contributed by atoms with Crippen LogP contribution in [0.4, 0.5) is 5.82 Å². The molecule has 3 nitrogen and oxygen atoms in total. The van der Waals surface area contributed by atoms with Gasteiger partial charge < -0.3 is 10.1 Å². The molecule has 0 spiro atoms. The molecule has 1 N–H and O–H groups in total. The molecule has 0 aliphatic rings. The molecule has 0 aromatic carbocycles. The van der Waals surface area contributed by atoms with E-state index in [2.05, 4.69) is 31.1 Å². The summed E-state index contributed by atoms with van der Waals surface area (Å²) in [5.41, 5.74) is 0. The van der Waals surface area contributed by atoms with Crippen molar-refractivity contribution in [3.8, 4) is 5.75 Å². The lowest BCUT2D eigenvalue weighted by Gasteiger charge is -2.17. The van der Waals surface area contributed by atoms with Crippen molar-refractivity contribution in [2.24, 2.45) is 0 Å². The van der Waals surface area contributed by atoms with Crippen LogP contribution in [0.2, 0.25) is 0 Å². The van der Waals surface area contributed by atoms with Crippen molar-refractivity contribution < 1.29 is 4.74 Å². The van der Waals surface area contributed by atoms with E-state index in [-0.39, 0.29) is 0 Å². The van der Waals surface area contributed by atoms with Crippen LogP contribution in [0.25, 0.3) is 0 Å². The molecular weight excluding hydrogens is 224 g/mol. The van der Waals surface area contributed by atoms with Gasteiger partial charge in [-0.25, -0.2) is 4.98 Å². The second kappa shape index (κ2) is 8.78. The molecule has 0 aliphatic carbocycles. The maximum atomic E-state index is 5.69. The minimum atomic E-state index is 0.440. The third-order valence-corrected chi connectivity index (χ3v) is 2.86. The van der Waals surface area contributed by atoms with Crippen LogP contribution in [-0.4, -0.2) is 17.6 Å². The van der Waals surface area contributed by atoms with Crippen molar-refractivity contribution in [3.05, 3.63) is 18.3 Å². The maximum absolute atomic E-state index is 5.69. The van der Waals surface area contributed by atoms with Gasteiger partial charge in [-0.15, -0.1) is 0 Å². The van der Waals surface area contributed by atoms with Crippen molar-refractivity contribution in [1.29, 1.82) is 0 Å². The van der Waals surface area contributed by atoms with Crippen molar-refractivity contribution >= 4 is 5.82 Å². The van der Waals surface area contributed by atoms with Crippen LogP contribution in [0.15, 0.2) is 18.3 Å². The molecule has 0 amide bonds. The molecule has 1 atom stereocenters. The Bertz CT molecular complexity index is 328. The van der Waals surface area contributed by atoms with Gasteiger partial charge in [-0.1, -0.05) is 33.1 Å². The zero-order chi connectivity index (χ0) is 13.2. The zero-order valence-corrected chi connectivity index (χ0v) is 11.9. The number of aromatic nitrogens is 1. The van der Waals surface area contributed by atoms with Gasteiger partial charge in [0.05, 0.1) is 6.61 Å². The van der Waals surface area contributed by atoms with Gasteiger partial charge >= 0.3 is 0 Å². The Hall–Kier alpha value is -1.25. The van der Waals surface area contributed by atoms with Gasteiger partial charge in [-0.2, -0.15) is 0 Å². The minimum Gasteiger partial charge on any atom is -0.490 e. The number of hydrogen-bond acceptors (Lipinski definition) is 3. The van der Waals surface area contributed by atoms with Crippen LogP contribution in [0, 0.1) is 0 Å². The van der Waals surface area contributed by atoms with E-state index in [0.717, 1.165) is 24.6 Å². The first-order valence-electron chi connectivity index (χ1n) is 7.12. The van der Waals surface area contributed by atoms with Crippen LogP contribution >= 0.6 is 0 Å². The average molecular weight is 250 g/mol. The normalized spacial score (nSPS) is 12.2. The predicted octanol–water partition coefficient (Wildman–Crippen LogP) is 4.25. The number of anilines is 1. The molecule has 0 saturated heterocycles. The third kappa shape index (κ3) is 5.39. The maximum Gasteiger partial charge on any atom is 0.168 e. The number of ether oxygens (including phenoxy) is 1. The second-order valence-corrected chi connectivity index (χ2v) is 4.74. The summed E-state index contributed by atoms with van der Waals surface area (Å²) in [7, 11) is 0. The Morgan fingerprint density at radius 2 is 2.11 bits per heavy atom. The highest BCUT2D eigenvalue weighted by atomic mass is 16.5. The van der Waals surface area contributed by atoms with Crippen LogP contribution < -0.4 is 10.1 Å². The Balaban J connectivity index is 2.49. The van der Waals surface area contributed by atoms with Gasteiger partial charge in [0.15, 0.2) is 11.6 Å². The molecule has 0 radical (unpaired) electrons. The predicted molar refractivity (Wildman–Crippen MR) is 77.2 cm³/mol. The second-order valence-electron chi connectivity index (χ2n) is 4.74. The van der Waals surface area contributed by atoms with Crippen molar-refractivity contribution in [1.82, 2.24) is 4.98 Å². The van der Waals surface area contributed by atoms with E-state index in [1.165, 1.54) is 25.7 Å². The Labute approximate surface area is 111 Å². The summed E-state index contributed by atoms with van der Waals surface area (Å²) in [6.07, 6.45) is 7.83. The van der Waals surface area contributed by atoms with Crippen LogP contribution in [0.1, 0.15) is 52.9 Å². The molecule has 0 fully saturated rings. The molecule has 0 aliphatic heterocycles. The molecule has 102 valence electrons. The van der Waals surface area contributed by atoms with Gasteiger partial charge in [0.25, 0.3) is 0 Å². The third-order valence-electron chi connectivity index (χ3n) is 2.86. The quantitative estimate of drug-likeness (QED) is 0.665. The number of nitrogens with one attached hydrogen (secondary N) is 1. The Morgan fingerprint density at radius 1 is 1.28 bits per heavy atom. The first-order chi connectivity index (χ1) is 8.77. The smallest absolute Gasteiger partial charge is 0.168 e. The summed E-state index contributed by atoms with van der Waals surface area (Å²) < 4.78 is 5.69. The Morgan fingerprint density at radius 3 is 2.83 bits per heavy atom. The zero-order valence-electron chi connectivity index (χ0n) is 11.9. The van der Waals surface area contributed by atoms with Crippen LogP contribution in [0.3, 0.4) is 0 Å². The number of rotatable bonds is 9. The minimum absolute atomic E-state index is 0.440. The van der Waals surface area contributed by atoms with E-state index in [9.17, 15) is 0 Å². The summed E-state index contributed by atoms with van der Waals surface area (Å²) in [5.74, 6) is 1.73. The molecule has 3 heteroatoms. The van der Waals surface area contributed by atoms with E-state index >= 15 is 0 Å². The number of unbranched alkanes of at least 4 members (excludes halogenated alkanes) is 2. The molecule has 1 unspecified atom stereocenters. The first-order valence-corrected chi connectivity index (χ1v) is 7.12. The molecular formula is C15H26N2O. The van der Waals surface area contributed by atoms with E-state index in [0.29, 0.717) is 6.04 Å². The molecule has 1 rings (SSSR count). The number of pyridine rings is 1. The van der Waals surface area contributed by atoms with E-state index in [1.54, 1.807) is 6.20 Å². The summed E-state index contributed by atoms with van der Waals surface area (Å²) >= 11 is 0. The monoisotopic (exact) mass is 250 g/mol. The summed E-state index contributed by atoms with van der Waals surface area (Å²) in [4.78, 5) is 4.36. The first kappa shape index (κ1) is 14.8. The van der Waals surface area contributed by atoms with Gasteiger partial charge in [0.2, 0.25) is 0 Å². The van der Waals surface area contributed by atoms with Gasteiger partial charge in [-0.05, 0) is 31.9 Å². The van der Waals surface area contributed by atoms with E-state index < -0.39 is 0 Å². The van der Waals surface area contributed by atoms with Crippen molar-refractivity contribution in [2.45, 2.75) is 58.9 Å². The standard InChI is InChI=1S/C15H26N2O/c1-4-6-7-9-13(3)17-15-14(18-12-5-2)10-8-11-16-15/h8,10-11,13H,4-7,9,12H2,1-3H3,(H,16,17). The summed E-state index contributed by atoms with van der Waals surface area (Å²) in [6.45, 7) is 7.28. The summed E-state index contributed by atoms with van der Waals surface area (Å²) in [6, 6.07) is 4.33. The fourth-order valence-electron chi connectivity index (χ4n) is 1.83. The highest BCUT2D eigenvalue weighted by molar-refractivity contribution is 5.49. The van der Waals surface area contributed by atoms with E-state index in [1.807, 2.05) is 12.1 Å².